The van der Waals surface area contributed by atoms with Crippen LogP contribution in [0.2, 0.25) is 0 Å². The number of hydrogen-bond donors (Lipinski definition) is 3. The van der Waals surface area contributed by atoms with E-state index in [1.54, 1.807) is 6.08 Å². The van der Waals surface area contributed by atoms with Crippen LogP contribution in [0.3, 0.4) is 0 Å². The Morgan fingerprint density at radius 2 is 0.812 bits per heavy atom. The van der Waals surface area contributed by atoms with Crippen molar-refractivity contribution in [3.05, 3.63) is 36.5 Å². The van der Waals surface area contributed by atoms with E-state index < -0.39 is 12.1 Å². The Morgan fingerprint density at radius 1 is 0.479 bits per heavy atom. The molecule has 48 heavy (non-hydrogen) atoms. The van der Waals surface area contributed by atoms with Crippen molar-refractivity contribution in [3.63, 3.8) is 0 Å². The van der Waals surface area contributed by atoms with Crippen LogP contribution in [0.1, 0.15) is 219 Å². The summed E-state index contributed by atoms with van der Waals surface area (Å²) >= 11 is 0. The third-order valence-electron chi connectivity index (χ3n) is 9.60. The lowest BCUT2D eigenvalue weighted by Crippen LogP contribution is -2.45. The number of aliphatic hydroxyl groups excluding tert-OH is 2. The van der Waals surface area contributed by atoms with Gasteiger partial charge in [0.15, 0.2) is 0 Å². The Morgan fingerprint density at radius 3 is 1.21 bits per heavy atom. The van der Waals surface area contributed by atoms with Crippen LogP contribution < -0.4 is 5.32 Å². The fraction of sp³-hybridized carbons (Fsp3) is 0.841. The van der Waals surface area contributed by atoms with Crippen molar-refractivity contribution in [1.29, 1.82) is 0 Å². The fourth-order valence-electron chi connectivity index (χ4n) is 6.31. The molecule has 0 aliphatic heterocycles. The van der Waals surface area contributed by atoms with Gasteiger partial charge in [-0.25, -0.2) is 0 Å². The zero-order chi connectivity index (χ0) is 35.0. The Bertz CT molecular complexity index is 731. The van der Waals surface area contributed by atoms with Gasteiger partial charge >= 0.3 is 0 Å². The molecule has 2 unspecified atom stereocenters. The number of hydrogen-bond acceptors (Lipinski definition) is 3. The SMILES string of the molecule is CCCCCCCCCC/C=C\CCCCCCCCCCCC(=O)NC(CO)C(O)/C=C/CC/C=C/CCCCCCCCCCC. The second-order valence-corrected chi connectivity index (χ2v) is 14.4. The highest BCUT2D eigenvalue weighted by atomic mass is 16.3. The van der Waals surface area contributed by atoms with Crippen molar-refractivity contribution >= 4 is 5.91 Å². The summed E-state index contributed by atoms with van der Waals surface area (Å²) in [6.45, 7) is 4.29. The molecule has 0 rings (SSSR count). The van der Waals surface area contributed by atoms with Crippen molar-refractivity contribution in [2.45, 2.75) is 231 Å². The average molecular weight is 674 g/mol. The van der Waals surface area contributed by atoms with E-state index in [0.29, 0.717) is 6.42 Å². The first kappa shape index (κ1) is 46.6. The molecule has 3 N–H and O–H groups in total. The normalized spacial score (nSPS) is 13.3. The minimum atomic E-state index is -0.861. The zero-order valence-corrected chi connectivity index (χ0v) is 32.3. The van der Waals surface area contributed by atoms with Crippen molar-refractivity contribution in [3.8, 4) is 0 Å². The second kappa shape index (κ2) is 40.0. The molecule has 0 aromatic rings. The molecule has 0 saturated heterocycles. The predicted octanol–water partition coefficient (Wildman–Crippen LogP) is 13.0. The predicted molar refractivity (Wildman–Crippen MR) is 212 cm³/mol. The summed E-state index contributed by atoms with van der Waals surface area (Å²) in [6, 6.07) is -0.638. The van der Waals surface area contributed by atoms with Crippen LogP contribution in [0.25, 0.3) is 0 Å². The summed E-state index contributed by atoms with van der Waals surface area (Å²) in [7, 11) is 0. The standard InChI is InChI=1S/C44H83NO3/c1-3-5-7-9-11-13-15-17-19-20-21-22-23-24-26-28-30-32-34-36-38-40-44(48)45-42(41-46)43(47)39-37-35-33-31-29-27-25-18-16-14-12-10-8-6-4-2/h20-21,29,31,37,39,42-43,46-47H,3-19,22-28,30,32-36,38,40-41H2,1-2H3,(H,45,48)/b21-20-,31-29+,39-37+. The molecule has 0 aliphatic rings. The molecule has 2 atom stereocenters. The highest BCUT2D eigenvalue weighted by molar-refractivity contribution is 5.76. The van der Waals surface area contributed by atoms with Gasteiger partial charge in [-0.15, -0.1) is 0 Å². The molecule has 1 amide bonds. The van der Waals surface area contributed by atoms with E-state index in [1.165, 1.54) is 167 Å². The summed E-state index contributed by atoms with van der Waals surface area (Å²) in [5, 5.41) is 22.9. The molecule has 0 bridgehead atoms. The molecular weight excluding hydrogens is 590 g/mol. The number of carbonyl (C=O) groups excluding carboxylic acids is 1. The molecule has 0 aromatic carbocycles. The van der Waals surface area contributed by atoms with Gasteiger partial charge in [0, 0.05) is 6.42 Å². The van der Waals surface area contributed by atoms with Gasteiger partial charge in [-0.2, -0.15) is 0 Å². The quantitative estimate of drug-likeness (QED) is 0.0451. The molecule has 0 aromatic heterocycles. The van der Waals surface area contributed by atoms with Crippen molar-refractivity contribution in [2.24, 2.45) is 0 Å². The van der Waals surface area contributed by atoms with Gasteiger partial charge in [-0.1, -0.05) is 192 Å². The van der Waals surface area contributed by atoms with Crippen molar-refractivity contribution < 1.29 is 15.0 Å². The summed E-state index contributed by atoms with van der Waals surface area (Å²) in [4.78, 5) is 12.4. The maximum atomic E-state index is 12.4. The summed E-state index contributed by atoms with van der Waals surface area (Å²) < 4.78 is 0. The summed E-state index contributed by atoms with van der Waals surface area (Å²) in [5.41, 5.74) is 0. The molecule has 282 valence electrons. The molecule has 0 aliphatic carbocycles. The lowest BCUT2D eigenvalue weighted by atomic mass is 10.0. The van der Waals surface area contributed by atoms with E-state index in [0.717, 1.165) is 32.1 Å². The Labute approximate surface area is 300 Å². The minimum Gasteiger partial charge on any atom is -0.394 e. The highest BCUT2D eigenvalue weighted by Crippen LogP contribution is 2.14. The lowest BCUT2D eigenvalue weighted by Gasteiger charge is -2.19. The average Bonchev–Trinajstić information content (AvgIpc) is 3.09. The monoisotopic (exact) mass is 674 g/mol. The first-order chi connectivity index (χ1) is 23.7. The maximum absolute atomic E-state index is 12.4. The number of aliphatic hydroxyl groups is 2. The van der Waals surface area contributed by atoms with Crippen LogP contribution in [0.4, 0.5) is 0 Å². The number of rotatable bonds is 38. The number of unbranched alkanes of at least 4 members (excludes halogenated alkanes) is 27. The van der Waals surface area contributed by atoms with E-state index in [2.05, 4.69) is 43.5 Å². The van der Waals surface area contributed by atoms with Gasteiger partial charge in [0.2, 0.25) is 5.91 Å². The van der Waals surface area contributed by atoms with Gasteiger partial charge in [0.05, 0.1) is 18.8 Å². The van der Waals surface area contributed by atoms with Crippen LogP contribution in [0, 0.1) is 0 Å². The Hall–Kier alpha value is -1.39. The van der Waals surface area contributed by atoms with Crippen LogP contribution in [0.5, 0.6) is 0 Å². The fourth-order valence-corrected chi connectivity index (χ4v) is 6.31. The number of carbonyl (C=O) groups is 1. The first-order valence-electron chi connectivity index (χ1n) is 21.2. The van der Waals surface area contributed by atoms with Crippen LogP contribution >= 0.6 is 0 Å². The van der Waals surface area contributed by atoms with Gasteiger partial charge in [-0.3, -0.25) is 4.79 Å². The topological polar surface area (TPSA) is 69.6 Å². The molecule has 0 heterocycles. The summed E-state index contributed by atoms with van der Waals surface area (Å²) in [6.07, 6.45) is 52.5. The smallest absolute Gasteiger partial charge is 0.220 e. The van der Waals surface area contributed by atoms with Crippen LogP contribution in [0.15, 0.2) is 36.5 Å². The largest absolute Gasteiger partial charge is 0.394 e. The summed E-state index contributed by atoms with van der Waals surface area (Å²) in [5.74, 6) is -0.0761. The van der Waals surface area contributed by atoms with E-state index in [9.17, 15) is 15.0 Å². The van der Waals surface area contributed by atoms with Gasteiger partial charge in [0.25, 0.3) is 0 Å². The molecule has 4 nitrogen and oxygen atoms in total. The van der Waals surface area contributed by atoms with Crippen LogP contribution in [-0.2, 0) is 4.79 Å². The van der Waals surface area contributed by atoms with Gasteiger partial charge < -0.3 is 15.5 Å². The number of allylic oxidation sites excluding steroid dienone is 5. The molecular formula is C44H83NO3. The second-order valence-electron chi connectivity index (χ2n) is 14.4. The third-order valence-corrected chi connectivity index (χ3v) is 9.60. The minimum absolute atomic E-state index is 0.0761. The molecule has 0 radical (unpaired) electrons. The Balaban J connectivity index is 3.60. The first-order valence-corrected chi connectivity index (χ1v) is 21.2. The maximum Gasteiger partial charge on any atom is 0.220 e. The lowest BCUT2D eigenvalue weighted by molar-refractivity contribution is -0.123. The molecule has 4 heteroatoms. The van der Waals surface area contributed by atoms with E-state index in [4.69, 9.17) is 0 Å². The number of nitrogens with one attached hydrogen (secondary N) is 1. The third kappa shape index (κ3) is 35.9. The zero-order valence-electron chi connectivity index (χ0n) is 32.3. The van der Waals surface area contributed by atoms with E-state index in [1.807, 2.05) is 6.08 Å². The molecule has 0 saturated carbocycles. The molecule has 0 spiro atoms. The van der Waals surface area contributed by atoms with Gasteiger partial charge in [0.1, 0.15) is 0 Å². The van der Waals surface area contributed by atoms with Crippen molar-refractivity contribution in [1.82, 2.24) is 5.32 Å². The Kier molecular flexibility index (Phi) is 38.9. The van der Waals surface area contributed by atoms with E-state index >= 15 is 0 Å². The van der Waals surface area contributed by atoms with Crippen molar-refractivity contribution in [2.75, 3.05) is 6.61 Å². The number of amides is 1. The van der Waals surface area contributed by atoms with Gasteiger partial charge in [-0.05, 0) is 57.8 Å². The molecule has 0 fully saturated rings. The van der Waals surface area contributed by atoms with Crippen LogP contribution in [-0.4, -0.2) is 34.9 Å². The highest BCUT2D eigenvalue weighted by Gasteiger charge is 2.17. The van der Waals surface area contributed by atoms with E-state index in [-0.39, 0.29) is 12.5 Å².